The summed E-state index contributed by atoms with van der Waals surface area (Å²) in [6, 6.07) is 4.77. The molecule has 76 valence electrons. The van der Waals surface area contributed by atoms with Crippen LogP contribution in [-0.2, 0) is 12.1 Å². The first-order chi connectivity index (χ1) is 6.65. The van der Waals surface area contributed by atoms with Crippen molar-refractivity contribution < 1.29 is 9.50 Å². The minimum Gasteiger partial charge on any atom is -0.392 e. The maximum atomic E-state index is 13.1. The van der Waals surface area contributed by atoms with Crippen LogP contribution in [0.4, 0.5) is 4.39 Å². The van der Waals surface area contributed by atoms with E-state index in [0.29, 0.717) is 5.56 Å². The molecule has 0 spiro atoms. The van der Waals surface area contributed by atoms with Crippen LogP contribution in [0.5, 0.6) is 0 Å². The summed E-state index contributed by atoms with van der Waals surface area (Å²) in [5.41, 5.74) is 7.09. The van der Waals surface area contributed by atoms with Crippen molar-refractivity contribution in [1.29, 1.82) is 0 Å². The van der Waals surface area contributed by atoms with Gasteiger partial charge in [0, 0.05) is 11.1 Å². The average Bonchev–Trinajstić information content (AvgIpc) is 2.15. The van der Waals surface area contributed by atoms with Gasteiger partial charge < -0.3 is 10.8 Å². The highest BCUT2D eigenvalue weighted by Crippen LogP contribution is 2.38. The largest absolute Gasteiger partial charge is 0.392 e. The standard InChI is InChI=1S/C11H14FNO/c12-10-3-2-9(6-8(10)7-14)11(13)4-1-5-11/h2-3,6,14H,1,4-5,7,13H2. The van der Waals surface area contributed by atoms with Gasteiger partial charge in [-0.3, -0.25) is 0 Å². The molecule has 3 heteroatoms. The predicted molar refractivity (Wildman–Crippen MR) is 52.0 cm³/mol. The van der Waals surface area contributed by atoms with Gasteiger partial charge in [-0.05, 0) is 37.0 Å². The highest BCUT2D eigenvalue weighted by molar-refractivity contribution is 5.31. The van der Waals surface area contributed by atoms with E-state index in [2.05, 4.69) is 0 Å². The summed E-state index contributed by atoms with van der Waals surface area (Å²) < 4.78 is 13.1. The van der Waals surface area contributed by atoms with Crippen molar-refractivity contribution in [3.63, 3.8) is 0 Å². The van der Waals surface area contributed by atoms with E-state index in [0.717, 1.165) is 24.8 Å². The highest BCUT2D eigenvalue weighted by Gasteiger charge is 2.34. The maximum absolute atomic E-state index is 13.1. The molecule has 0 aliphatic heterocycles. The molecule has 0 atom stereocenters. The van der Waals surface area contributed by atoms with Crippen molar-refractivity contribution in [1.82, 2.24) is 0 Å². The summed E-state index contributed by atoms with van der Waals surface area (Å²) in [5, 5.41) is 8.92. The Balaban J connectivity index is 2.35. The van der Waals surface area contributed by atoms with E-state index in [4.69, 9.17) is 10.8 Å². The molecule has 2 rings (SSSR count). The van der Waals surface area contributed by atoms with Crippen LogP contribution in [0, 0.1) is 5.82 Å². The van der Waals surface area contributed by atoms with Crippen molar-refractivity contribution in [3.8, 4) is 0 Å². The predicted octanol–water partition coefficient (Wildman–Crippen LogP) is 1.66. The zero-order chi connectivity index (χ0) is 10.2. The highest BCUT2D eigenvalue weighted by atomic mass is 19.1. The normalized spacial score (nSPS) is 19.1. The zero-order valence-electron chi connectivity index (χ0n) is 7.96. The first-order valence-electron chi connectivity index (χ1n) is 4.84. The van der Waals surface area contributed by atoms with Crippen molar-refractivity contribution in [2.75, 3.05) is 0 Å². The number of nitrogens with two attached hydrogens (primary N) is 1. The minimum absolute atomic E-state index is 0.268. The lowest BCUT2D eigenvalue weighted by atomic mass is 9.72. The number of halogens is 1. The van der Waals surface area contributed by atoms with Crippen LogP contribution in [0.1, 0.15) is 30.4 Å². The lowest BCUT2D eigenvalue weighted by molar-refractivity contribution is 0.250. The molecule has 3 N–H and O–H groups in total. The van der Waals surface area contributed by atoms with Gasteiger partial charge in [0.05, 0.1) is 6.61 Å². The fourth-order valence-electron chi connectivity index (χ4n) is 1.85. The van der Waals surface area contributed by atoms with Crippen LogP contribution >= 0.6 is 0 Å². The van der Waals surface area contributed by atoms with Crippen LogP contribution in [0.25, 0.3) is 0 Å². The second kappa shape index (κ2) is 3.33. The van der Waals surface area contributed by atoms with Gasteiger partial charge in [-0.25, -0.2) is 4.39 Å². The fraction of sp³-hybridized carbons (Fsp3) is 0.455. The fourth-order valence-corrected chi connectivity index (χ4v) is 1.85. The van der Waals surface area contributed by atoms with Crippen LogP contribution in [0.3, 0.4) is 0 Å². The molecule has 0 radical (unpaired) electrons. The van der Waals surface area contributed by atoms with Crippen molar-refractivity contribution in [2.45, 2.75) is 31.4 Å². The molecule has 1 aromatic rings. The molecule has 0 bridgehead atoms. The Bertz CT molecular complexity index is 347. The Morgan fingerprint density at radius 1 is 1.43 bits per heavy atom. The van der Waals surface area contributed by atoms with E-state index < -0.39 is 0 Å². The summed E-state index contributed by atoms with van der Waals surface area (Å²) in [5.74, 6) is -0.362. The van der Waals surface area contributed by atoms with Crippen molar-refractivity contribution in [3.05, 3.63) is 35.1 Å². The van der Waals surface area contributed by atoms with Crippen LogP contribution in [0.15, 0.2) is 18.2 Å². The number of aliphatic hydroxyl groups is 1. The summed E-state index contributed by atoms with van der Waals surface area (Å²) >= 11 is 0. The minimum atomic E-state index is -0.362. The molecule has 1 aliphatic carbocycles. The third kappa shape index (κ3) is 1.42. The summed E-state index contributed by atoms with van der Waals surface area (Å²) in [7, 11) is 0. The second-order valence-corrected chi connectivity index (χ2v) is 3.97. The molecular weight excluding hydrogens is 181 g/mol. The molecular formula is C11H14FNO. The van der Waals surface area contributed by atoms with E-state index in [-0.39, 0.29) is 18.0 Å². The van der Waals surface area contributed by atoms with E-state index in [1.54, 1.807) is 12.1 Å². The van der Waals surface area contributed by atoms with Gasteiger partial charge in [-0.1, -0.05) is 6.07 Å². The van der Waals surface area contributed by atoms with Gasteiger partial charge in [0.25, 0.3) is 0 Å². The van der Waals surface area contributed by atoms with Crippen molar-refractivity contribution >= 4 is 0 Å². The van der Waals surface area contributed by atoms with Gasteiger partial charge in [-0.2, -0.15) is 0 Å². The summed E-state index contributed by atoms with van der Waals surface area (Å²) in [6.45, 7) is -0.268. The van der Waals surface area contributed by atoms with Gasteiger partial charge in [0.15, 0.2) is 0 Å². The number of aliphatic hydroxyl groups excluding tert-OH is 1. The Morgan fingerprint density at radius 2 is 2.14 bits per heavy atom. The van der Waals surface area contributed by atoms with Gasteiger partial charge in [-0.15, -0.1) is 0 Å². The Morgan fingerprint density at radius 3 is 2.64 bits per heavy atom. The molecule has 1 aromatic carbocycles. The number of rotatable bonds is 2. The first-order valence-corrected chi connectivity index (χ1v) is 4.84. The molecule has 1 fully saturated rings. The van der Waals surface area contributed by atoms with Crippen LogP contribution < -0.4 is 5.73 Å². The molecule has 1 aliphatic rings. The number of benzene rings is 1. The average molecular weight is 195 g/mol. The topological polar surface area (TPSA) is 46.2 Å². The van der Waals surface area contributed by atoms with E-state index in [1.165, 1.54) is 6.07 Å². The van der Waals surface area contributed by atoms with Gasteiger partial charge in [0.1, 0.15) is 5.82 Å². The zero-order valence-corrected chi connectivity index (χ0v) is 7.96. The number of hydrogen-bond acceptors (Lipinski definition) is 2. The monoisotopic (exact) mass is 195 g/mol. The van der Waals surface area contributed by atoms with Crippen LogP contribution in [-0.4, -0.2) is 5.11 Å². The molecule has 0 heterocycles. The van der Waals surface area contributed by atoms with Crippen LogP contribution in [0.2, 0.25) is 0 Å². The van der Waals surface area contributed by atoms with Crippen molar-refractivity contribution in [2.24, 2.45) is 5.73 Å². The summed E-state index contributed by atoms with van der Waals surface area (Å²) in [4.78, 5) is 0. The SMILES string of the molecule is NC1(c2ccc(F)c(CO)c2)CCC1. The maximum Gasteiger partial charge on any atom is 0.128 e. The number of hydrogen-bond donors (Lipinski definition) is 2. The lowest BCUT2D eigenvalue weighted by Gasteiger charge is -2.38. The third-order valence-corrected chi connectivity index (χ3v) is 3.04. The Labute approximate surface area is 82.5 Å². The second-order valence-electron chi connectivity index (χ2n) is 3.97. The Hall–Kier alpha value is -0.930. The molecule has 0 saturated heterocycles. The van der Waals surface area contributed by atoms with E-state index in [9.17, 15) is 4.39 Å². The molecule has 0 aromatic heterocycles. The lowest BCUT2D eigenvalue weighted by Crippen LogP contribution is -2.43. The molecule has 2 nitrogen and oxygen atoms in total. The van der Waals surface area contributed by atoms with Gasteiger partial charge in [0.2, 0.25) is 0 Å². The Kier molecular flexibility index (Phi) is 2.29. The molecule has 1 saturated carbocycles. The molecule has 0 amide bonds. The first kappa shape index (κ1) is 9.62. The van der Waals surface area contributed by atoms with Gasteiger partial charge >= 0.3 is 0 Å². The quantitative estimate of drug-likeness (QED) is 0.753. The van der Waals surface area contributed by atoms with E-state index in [1.807, 2.05) is 0 Å². The van der Waals surface area contributed by atoms with E-state index >= 15 is 0 Å². The molecule has 14 heavy (non-hydrogen) atoms. The molecule has 0 unspecified atom stereocenters. The third-order valence-electron chi connectivity index (χ3n) is 3.04. The summed E-state index contributed by atoms with van der Waals surface area (Å²) in [6.07, 6.45) is 3.02. The smallest absolute Gasteiger partial charge is 0.128 e.